The van der Waals surface area contributed by atoms with Gasteiger partial charge in [0.25, 0.3) is 5.91 Å². The van der Waals surface area contributed by atoms with Crippen LogP contribution >= 0.6 is 11.3 Å². The first-order valence-electron chi connectivity index (χ1n) is 9.80. The van der Waals surface area contributed by atoms with Crippen LogP contribution in [0, 0.1) is 6.92 Å². The van der Waals surface area contributed by atoms with Gasteiger partial charge in [-0.1, -0.05) is 29.5 Å². The topological polar surface area (TPSA) is 87.2 Å². The molecule has 1 aromatic heterocycles. The lowest BCUT2D eigenvalue weighted by Crippen LogP contribution is -2.33. The molecule has 0 saturated carbocycles. The number of hydrogen-bond acceptors (Lipinski definition) is 6. The molecule has 0 atom stereocenters. The number of rotatable bonds is 9. The number of carbonyl (C=O) groups excluding carboxylic acids is 2. The van der Waals surface area contributed by atoms with Crippen LogP contribution in [0.15, 0.2) is 24.3 Å². The average Bonchev–Trinajstić information content (AvgIpc) is 3.36. The van der Waals surface area contributed by atoms with Crippen LogP contribution in [0.4, 0.5) is 5.69 Å². The highest BCUT2D eigenvalue weighted by atomic mass is 32.1. The number of anilines is 1. The normalized spacial score (nSPS) is 14.2. The molecule has 1 aliphatic rings. The van der Waals surface area contributed by atoms with Crippen molar-refractivity contribution in [2.75, 3.05) is 31.5 Å². The summed E-state index contributed by atoms with van der Waals surface area (Å²) in [6.45, 7) is 5.87. The van der Waals surface area contributed by atoms with Crippen LogP contribution in [0.1, 0.15) is 46.1 Å². The molecule has 0 spiro atoms. The number of para-hydroxylation sites is 1. The standard InChI is InChI=1S/C20H27N5O2S/c1-15-7-2-3-8-16(15)22-19(27)20-24-23-18(28-20)10-6-9-17(26)21-11-14-25-12-4-5-13-25/h2-3,7-8H,4-6,9-14H2,1H3,(H,21,26)(H,22,27). The highest BCUT2D eigenvalue weighted by Gasteiger charge is 2.14. The second kappa shape index (κ2) is 10.3. The SMILES string of the molecule is Cc1ccccc1NC(=O)c1nnc(CCCC(=O)NCCN2CCCC2)s1. The molecule has 0 unspecified atom stereocenters. The Kier molecular flexibility index (Phi) is 7.50. The van der Waals surface area contributed by atoms with Gasteiger partial charge in [-0.25, -0.2) is 0 Å². The Labute approximate surface area is 169 Å². The lowest BCUT2D eigenvalue weighted by molar-refractivity contribution is -0.121. The molecule has 2 aromatic rings. The van der Waals surface area contributed by atoms with Crippen molar-refractivity contribution in [3.63, 3.8) is 0 Å². The van der Waals surface area contributed by atoms with E-state index in [1.807, 2.05) is 31.2 Å². The van der Waals surface area contributed by atoms with Gasteiger partial charge in [0.05, 0.1) is 0 Å². The van der Waals surface area contributed by atoms with Gasteiger partial charge < -0.3 is 15.5 Å². The molecule has 1 aliphatic heterocycles. The molecule has 0 aliphatic carbocycles. The van der Waals surface area contributed by atoms with Crippen molar-refractivity contribution in [3.05, 3.63) is 39.8 Å². The summed E-state index contributed by atoms with van der Waals surface area (Å²) in [4.78, 5) is 26.6. The molecule has 1 fully saturated rings. The Morgan fingerprint density at radius 2 is 1.96 bits per heavy atom. The molecule has 150 valence electrons. The molecule has 28 heavy (non-hydrogen) atoms. The van der Waals surface area contributed by atoms with Gasteiger partial charge in [0.15, 0.2) is 0 Å². The van der Waals surface area contributed by atoms with Crippen molar-refractivity contribution >= 4 is 28.8 Å². The summed E-state index contributed by atoms with van der Waals surface area (Å²) in [5.41, 5.74) is 1.77. The second-order valence-electron chi connectivity index (χ2n) is 7.02. The maximum Gasteiger partial charge on any atom is 0.286 e. The van der Waals surface area contributed by atoms with Crippen molar-refractivity contribution in [2.45, 2.75) is 39.0 Å². The number of benzene rings is 1. The predicted octanol–water partition coefficient (Wildman–Crippen LogP) is 2.63. The average molecular weight is 402 g/mol. The maximum atomic E-state index is 12.3. The van der Waals surface area contributed by atoms with E-state index >= 15 is 0 Å². The van der Waals surface area contributed by atoms with E-state index in [1.54, 1.807) is 0 Å². The third-order valence-electron chi connectivity index (χ3n) is 4.80. The number of nitrogens with zero attached hydrogens (tertiary/aromatic N) is 3. The van der Waals surface area contributed by atoms with Crippen LogP contribution in [-0.4, -0.2) is 53.1 Å². The summed E-state index contributed by atoms with van der Waals surface area (Å²) >= 11 is 1.28. The fraction of sp³-hybridized carbons (Fsp3) is 0.500. The van der Waals surface area contributed by atoms with E-state index in [-0.39, 0.29) is 11.8 Å². The lowest BCUT2D eigenvalue weighted by Gasteiger charge is -2.14. The van der Waals surface area contributed by atoms with Gasteiger partial charge in [-0.2, -0.15) is 0 Å². The third kappa shape index (κ3) is 6.10. The Bertz CT molecular complexity index is 801. The van der Waals surface area contributed by atoms with Gasteiger partial charge in [-0.15, -0.1) is 10.2 Å². The highest BCUT2D eigenvalue weighted by molar-refractivity contribution is 7.13. The molecule has 1 saturated heterocycles. The fourth-order valence-corrected chi connectivity index (χ4v) is 3.96. The molecule has 3 rings (SSSR count). The fourth-order valence-electron chi connectivity index (χ4n) is 3.18. The van der Waals surface area contributed by atoms with Crippen LogP contribution in [-0.2, 0) is 11.2 Å². The maximum absolute atomic E-state index is 12.3. The molecule has 2 heterocycles. The van der Waals surface area contributed by atoms with E-state index < -0.39 is 0 Å². The number of carbonyl (C=O) groups is 2. The molecule has 2 N–H and O–H groups in total. The van der Waals surface area contributed by atoms with Crippen LogP contribution < -0.4 is 10.6 Å². The van der Waals surface area contributed by atoms with E-state index in [4.69, 9.17) is 0 Å². The zero-order chi connectivity index (χ0) is 19.8. The number of aromatic nitrogens is 2. The van der Waals surface area contributed by atoms with Crippen molar-refractivity contribution in [2.24, 2.45) is 0 Å². The lowest BCUT2D eigenvalue weighted by atomic mass is 10.2. The van der Waals surface area contributed by atoms with Gasteiger partial charge in [0.2, 0.25) is 10.9 Å². The molecule has 0 radical (unpaired) electrons. The van der Waals surface area contributed by atoms with Gasteiger partial charge in [0.1, 0.15) is 5.01 Å². The summed E-state index contributed by atoms with van der Waals surface area (Å²) in [6.07, 6.45) is 4.34. The minimum Gasteiger partial charge on any atom is -0.355 e. The van der Waals surface area contributed by atoms with Crippen LogP contribution in [0.5, 0.6) is 0 Å². The minimum absolute atomic E-state index is 0.0706. The quantitative estimate of drug-likeness (QED) is 0.674. The minimum atomic E-state index is -0.252. The van der Waals surface area contributed by atoms with Gasteiger partial charge in [0, 0.05) is 31.6 Å². The Balaban J connectivity index is 1.36. The first-order valence-corrected chi connectivity index (χ1v) is 10.6. The summed E-state index contributed by atoms with van der Waals surface area (Å²) in [7, 11) is 0. The van der Waals surface area contributed by atoms with Crippen LogP contribution in [0.3, 0.4) is 0 Å². The zero-order valence-electron chi connectivity index (χ0n) is 16.2. The van der Waals surface area contributed by atoms with E-state index in [0.29, 0.717) is 30.8 Å². The zero-order valence-corrected chi connectivity index (χ0v) is 17.1. The number of nitrogens with one attached hydrogen (secondary N) is 2. The third-order valence-corrected chi connectivity index (χ3v) is 5.78. The summed E-state index contributed by atoms with van der Waals surface area (Å²) in [5.74, 6) is -0.182. The molecule has 0 bridgehead atoms. The molecule has 7 nitrogen and oxygen atoms in total. The van der Waals surface area contributed by atoms with Crippen molar-refractivity contribution < 1.29 is 9.59 Å². The predicted molar refractivity (Wildman–Crippen MR) is 111 cm³/mol. The number of hydrogen-bond donors (Lipinski definition) is 2. The summed E-state index contributed by atoms with van der Waals surface area (Å²) in [5, 5.41) is 15.0. The van der Waals surface area contributed by atoms with Crippen LogP contribution in [0.2, 0.25) is 0 Å². The Morgan fingerprint density at radius 1 is 1.18 bits per heavy atom. The van der Waals surface area contributed by atoms with Gasteiger partial charge in [-0.05, 0) is 50.9 Å². The molecular weight excluding hydrogens is 374 g/mol. The summed E-state index contributed by atoms with van der Waals surface area (Å²) < 4.78 is 0. The first kappa shape index (κ1) is 20.4. The molecule has 8 heteroatoms. The van der Waals surface area contributed by atoms with Crippen molar-refractivity contribution in [3.8, 4) is 0 Å². The number of likely N-dealkylation sites (tertiary alicyclic amines) is 1. The van der Waals surface area contributed by atoms with Crippen molar-refractivity contribution in [1.29, 1.82) is 0 Å². The molecular formula is C20H27N5O2S. The second-order valence-corrected chi connectivity index (χ2v) is 8.08. The molecule has 2 amide bonds. The largest absolute Gasteiger partial charge is 0.355 e. The van der Waals surface area contributed by atoms with E-state index in [2.05, 4.69) is 25.7 Å². The van der Waals surface area contributed by atoms with Crippen LogP contribution in [0.25, 0.3) is 0 Å². The van der Waals surface area contributed by atoms with E-state index in [0.717, 1.165) is 35.9 Å². The smallest absolute Gasteiger partial charge is 0.286 e. The highest BCUT2D eigenvalue weighted by Crippen LogP contribution is 2.17. The Hall–Kier alpha value is -2.32. The first-order chi connectivity index (χ1) is 13.6. The number of aryl methyl sites for hydroxylation is 2. The Morgan fingerprint density at radius 3 is 2.75 bits per heavy atom. The summed E-state index contributed by atoms with van der Waals surface area (Å²) in [6, 6.07) is 7.61. The van der Waals surface area contributed by atoms with E-state index in [9.17, 15) is 9.59 Å². The van der Waals surface area contributed by atoms with Gasteiger partial charge in [-0.3, -0.25) is 9.59 Å². The number of amides is 2. The molecule has 1 aromatic carbocycles. The van der Waals surface area contributed by atoms with Gasteiger partial charge >= 0.3 is 0 Å². The van der Waals surface area contributed by atoms with E-state index in [1.165, 1.54) is 24.2 Å². The van der Waals surface area contributed by atoms with Crippen molar-refractivity contribution in [1.82, 2.24) is 20.4 Å². The monoisotopic (exact) mass is 401 g/mol.